The van der Waals surface area contributed by atoms with Crippen LogP contribution in [0.4, 0.5) is 5.82 Å². The van der Waals surface area contributed by atoms with E-state index in [-0.39, 0.29) is 16.7 Å². The molecule has 1 atom stereocenters. The zero-order valence-electron chi connectivity index (χ0n) is 8.56. The molecule has 1 aromatic heterocycles. The molecule has 0 bridgehead atoms. The maximum Gasteiger partial charge on any atom is 0.255 e. The number of pyridine rings is 1. The van der Waals surface area contributed by atoms with Gasteiger partial charge in [-0.15, -0.1) is 0 Å². The molecule has 0 saturated carbocycles. The van der Waals surface area contributed by atoms with E-state index in [4.69, 9.17) is 17.3 Å². The van der Waals surface area contributed by atoms with Crippen molar-refractivity contribution >= 4 is 23.3 Å². The maximum absolute atomic E-state index is 11.9. The van der Waals surface area contributed by atoms with Gasteiger partial charge in [-0.3, -0.25) is 4.79 Å². The van der Waals surface area contributed by atoms with Gasteiger partial charge in [-0.1, -0.05) is 11.6 Å². The molecule has 0 aliphatic carbocycles. The number of halogens is 1. The highest BCUT2D eigenvalue weighted by molar-refractivity contribution is 6.33. The Balaban J connectivity index is 2.18. The number of anilines is 1. The summed E-state index contributed by atoms with van der Waals surface area (Å²) in [4.78, 5) is 17.3. The Hall–Kier alpha value is -1.33. The van der Waals surface area contributed by atoms with Crippen LogP contribution < -0.4 is 5.73 Å². The van der Waals surface area contributed by atoms with Gasteiger partial charge in [0.2, 0.25) is 0 Å². The van der Waals surface area contributed by atoms with Crippen molar-refractivity contribution in [3.05, 3.63) is 22.8 Å². The van der Waals surface area contributed by atoms with Crippen molar-refractivity contribution in [2.75, 3.05) is 18.8 Å². The van der Waals surface area contributed by atoms with Gasteiger partial charge in [0.1, 0.15) is 5.82 Å². The Labute approximate surface area is 97.8 Å². The summed E-state index contributed by atoms with van der Waals surface area (Å²) in [6, 6.07) is 1.50. The molecule has 2 rings (SSSR count). The number of aliphatic hydroxyl groups excluding tert-OH is 1. The summed E-state index contributed by atoms with van der Waals surface area (Å²) in [5.41, 5.74) is 5.85. The number of nitrogens with zero attached hydrogens (tertiary/aromatic N) is 2. The number of rotatable bonds is 1. The van der Waals surface area contributed by atoms with Crippen molar-refractivity contribution < 1.29 is 9.90 Å². The molecule has 0 aromatic carbocycles. The molecule has 2 heterocycles. The number of aromatic nitrogens is 1. The molecule has 1 saturated heterocycles. The lowest BCUT2D eigenvalue weighted by molar-refractivity contribution is 0.0764. The molecule has 1 aliphatic heterocycles. The molecule has 6 heteroatoms. The van der Waals surface area contributed by atoms with Gasteiger partial charge in [-0.2, -0.15) is 0 Å². The second-order valence-corrected chi connectivity index (χ2v) is 4.19. The first-order valence-corrected chi connectivity index (χ1v) is 5.34. The van der Waals surface area contributed by atoms with Crippen LogP contribution in [0, 0.1) is 0 Å². The summed E-state index contributed by atoms with van der Waals surface area (Å²) in [6.07, 6.45) is 1.58. The van der Waals surface area contributed by atoms with Crippen molar-refractivity contribution in [1.82, 2.24) is 9.88 Å². The van der Waals surface area contributed by atoms with Crippen LogP contribution in [-0.2, 0) is 0 Å². The van der Waals surface area contributed by atoms with E-state index in [9.17, 15) is 9.90 Å². The van der Waals surface area contributed by atoms with Crippen LogP contribution in [-0.4, -0.2) is 40.1 Å². The lowest BCUT2D eigenvalue weighted by Gasteiger charge is -2.15. The fourth-order valence-electron chi connectivity index (χ4n) is 1.67. The normalized spacial score (nSPS) is 20.1. The zero-order valence-corrected chi connectivity index (χ0v) is 9.31. The van der Waals surface area contributed by atoms with Crippen molar-refractivity contribution in [2.24, 2.45) is 0 Å². The molecule has 0 spiro atoms. The van der Waals surface area contributed by atoms with Crippen LogP contribution in [0.3, 0.4) is 0 Å². The summed E-state index contributed by atoms with van der Waals surface area (Å²) in [5, 5.41) is 9.61. The van der Waals surface area contributed by atoms with E-state index in [2.05, 4.69) is 4.98 Å². The maximum atomic E-state index is 11.9. The Kier molecular flexibility index (Phi) is 2.98. The van der Waals surface area contributed by atoms with Crippen molar-refractivity contribution in [2.45, 2.75) is 12.5 Å². The fourth-order valence-corrected chi connectivity index (χ4v) is 1.84. The van der Waals surface area contributed by atoms with Gasteiger partial charge in [0.05, 0.1) is 16.7 Å². The van der Waals surface area contributed by atoms with Gasteiger partial charge in [-0.05, 0) is 12.5 Å². The highest BCUT2D eigenvalue weighted by Gasteiger charge is 2.25. The van der Waals surface area contributed by atoms with E-state index in [1.54, 1.807) is 4.90 Å². The predicted octanol–water partition coefficient (Wildman–Crippen LogP) is 0.524. The third kappa shape index (κ3) is 2.10. The smallest absolute Gasteiger partial charge is 0.255 e. The number of aliphatic hydroxyl groups is 1. The van der Waals surface area contributed by atoms with Crippen molar-refractivity contribution in [3.8, 4) is 0 Å². The minimum Gasteiger partial charge on any atom is -0.391 e. The minimum absolute atomic E-state index is 0.175. The minimum atomic E-state index is -0.429. The lowest BCUT2D eigenvalue weighted by Crippen LogP contribution is -2.29. The summed E-state index contributed by atoms with van der Waals surface area (Å²) in [7, 11) is 0. The van der Waals surface area contributed by atoms with Gasteiger partial charge >= 0.3 is 0 Å². The van der Waals surface area contributed by atoms with E-state index < -0.39 is 6.10 Å². The summed E-state index contributed by atoms with van der Waals surface area (Å²) in [6.45, 7) is 0.919. The highest BCUT2D eigenvalue weighted by atomic mass is 35.5. The van der Waals surface area contributed by atoms with Gasteiger partial charge in [-0.25, -0.2) is 4.98 Å². The molecule has 0 unspecified atom stereocenters. The Morgan fingerprint density at radius 2 is 2.44 bits per heavy atom. The predicted molar refractivity (Wildman–Crippen MR) is 60.2 cm³/mol. The number of carbonyl (C=O) groups is 1. The number of hydrogen-bond acceptors (Lipinski definition) is 4. The zero-order chi connectivity index (χ0) is 11.7. The van der Waals surface area contributed by atoms with E-state index in [1.165, 1.54) is 12.3 Å². The SMILES string of the molecule is Nc1ncc(C(=O)N2CC[C@@H](O)C2)cc1Cl. The number of β-amino-alcohol motifs (C(OH)–C–C–N with tert-alkyl or cyclic N) is 1. The first kappa shape index (κ1) is 11.2. The van der Waals surface area contributed by atoms with Crippen molar-refractivity contribution in [3.63, 3.8) is 0 Å². The van der Waals surface area contributed by atoms with E-state index in [1.807, 2.05) is 0 Å². The first-order valence-electron chi connectivity index (χ1n) is 4.96. The van der Waals surface area contributed by atoms with Crippen LogP contribution >= 0.6 is 11.6 Å². The standard InChI is InChI=1S/C10H12ClN3O2/c11-8-3-6(4-13-9(8)12)10(16)14-2-1-7(15)5-14/h3-4,7,15H,1-2,5H2,(H2,12,13)/t7-/m1/s1. The third-order valence-electron chi connectivity index (χ3n) is 2.57. The number of amides is 1. The number of likely N-dealkylation sites (tertiary alicyclic amines) is 1. The van der Waals surface area contributed by atoms with E-state index in [0.717, 1.165) is 0 Å². The molecular weight excluding hydrogens is 230 g/mol. The molecule has 1 amide bonds. The third-order valence-corrected chi connectivity index (χ3v) is 2.87. The highest BCUT2D eigenvalue weighted by Crippen LogP contribution is 2.19. The average Bonchev–Trinajstić information content (AvgIpc) is 2.68. The van der Waals surface area contributed by atoms with E-state index >= 15 is 0 Å². The molecule has 86 valence electrons. The number of carbonyl (C=O) groups excluding carboxylic acids is 1. The van der Waals surface area contributed by atoms with Gasteiger partial charge < -0.3 is 15.7 Å². The number of hydrogen-bond donors (Lipinski definition) is 2. The largest absolute Gasteiger partial charge is 0.391 e. The quantitative estimate of drug-likeness (QED) is 0.752. The van der Waals surface area contributed by atoms with Crippen LogP contribution in [0.2, 0.25) is 5.02 Å². The van der Waals surface area contributed by atoms with Crippen LogP contribution in [0.15, 0.2) is 12.3 Å². The average molecular weight is 242 g/mol. The Morgan fingerprint density at radius 3 is 3.00 bits per heavy atom. The monoisotopic (exact) mass is 241 g/mol. The van der Waals surface area contributed by atoms with Crippen LogP contribution in [0.1, 0.15) is 16.8 Å². The molecule has 1 aromatic rings. The summed E-state index contributed by atoms with van der Waals surface area (Å²) < 4.78 is 0. The van der Waals surface area contributed by atoms with Gasteiger partial charge in [0.25, 0.3) is 5.91 Å². The lowest BCUT2D eigenvalue weighted by atomic mass is 10.2. The fraction of sp³-hybridized carbons (Fsp3) is 0.400. The second kappa shape index (κ2) is 4.27. The summed E-state index contributed by atoms with van der Waals surface area (Å²) >= 11 is 5.79. The van der Waals surface area contributed by atoms with Crippen LogP contribution in [0.5, 0.6) is 0 Å². The Bertz CT molecular complexity index is 425. The first-order chi connectivity index (χ1) is 7.58. The van der Waals surface area contributed by atoms with Gasteiger partial charge in [0.15, 0.2) is 0 Å². The number of nitrogen functional groups attached to an aromatic ring is 1. The second-order valence-electron chi connectivity index (χ2n) is 3.78. The molecule has 0 radical (unpaired) electrons. The molecule has 5 nitrogen and oxygen atoms in total. The molecule has 1 fully saturated rings. The number of nitrogens with two attached hydrogens (primary N) is 1. The van der Waals surface area contributed by atoms with Gasteiger partial charge in [0, 0.05) is 19.3 Å². The summed E-state index contributed by atoms with van der Waals surface area (Å²) in [5.74, 6) is 0.0330. The molecule has 1 aliphatic rings. The van der Waals surface area contributed by atoms with E-state index in [0.29, 0.717) is 25.1 Å². The van der Waals surface area contributed by atoms with Crippen molar-refractivity contribution in [1.29, 1.82) is 0 Å². The molecule has 16 heavy (non-hydrogen) atoms. The molecular formula is C10H12ClN3O2. The topological polar surface area (TPSA) is 79.5 Å². The Morgan fingerprint density at radius 1 is 1.69 bits per heavy atom. The molecule has 3 N–H and O–H groups in total. The van der Waals surface area contributed by atoms with Crippen LogP contribution in [0.25, 0.3) is 0 Å².